The number of aromatic nitrogens is 3. The van der Waals surface area contributed by atoms with E-state index in [0.29, 0.717) is 17.6 Å². The lowest BCUT2D eigenvalue weighted by Crippen LogP contribution is -2.24. The molecule has 2 aromatic carbocycles. The van der Waals surface area contributed by atoms with E-state index in [1.807, 2.05) is 60.8 Å². The van der Waals surface area contributed by atoms with Gasteiger partial charge in [-0.15, -0.1) is 0 Å². The number of hydrogen-bond acceptors (Lipinski definition) is 3. The van der Waals surface area contributed by atoms with Gasteiger partial charge < -0.3 is 10.3 Å². The summed E-state index contributed by atoms with van der Waals surface area (Å²) < 4.78 is 0. The quantitative estimate of drug-likeness (QED) is 0.478. The summed E-state index contributed by atoms with van der Waals surface area (Å²) in [5.41, 5.74) is 5.55. The molecule has 4 aromatic rings. The fourth-order valence-electron chi connectivity index (χ4n) is 3.14. The Morgan fingerprint density at radius 2 is 1.79 bits per heavy atom. The third kappa shape index (κ3) is 3.64. The van der Waals surface area contributed by atoms with Crippen molar-refractivity contribution in [2.24, 2.45) is 0 Å². The Balaban J connectivity index is 1.80. The smallest absolute Gasteiger partial charge is 0.251 e. The molecule has 0 bridgehead atoms. The minimum Gasteiger partial charge on any atom is -0.360 e. The fraction of sp³-hybridized carbons (Fsp3) is 0.174. The maximum atomic E-state index is 12.4. The number of carbonyl (C=O) groups excluding carboxylic acids is 1. The van der Waals surface area contributed by atoms with Crippen molar-refractivity contribution in [3.05, 3.63) is 72.4 Å². The number of aromatic amines is 1. The van der Waals surface area contributed by atoms with E-state index in [0.717, 1.165) is 41.0 Å². The summed E-state index contributed by atoms with van der Waals surface area (Å²) in [6.07, 6.45) is 3.89. The Kier molecular flexibility index (Phi) is 5.15. The monoisotopic (exact) mass is 370 g/mol. The van der Waals surface area contributed by atoms with Gasteiger partial charge in [0.2, 0.25) is 0 Å². The van der Waals surface area contributed by atoms with Crippen LogP contribution in [0.15, 0.2) is 66.9 Å². The first-order valence-electron chi connectivity index (χ1n) is 9.55. The number of carbonyl (C=O) groups is 1. The molecule has 0 aliphatic carbocycles. The molecule has 28 heavy (non-hydrogen) atoms. The molecule has 5 nitrogen and oxygen atoms in total. The van der Waals surface area contributed by atoms with Gasteiger partial charge in [0.05, 0.1) is 22.4 Å². The summed E-state index contributed by atoms with van der Waals surface area (Å²) in [6, 6.07) is 19.4. The molecule has 5 heteroatoms. The highest BCUT2D eigenvalue weighted by Crippen LogP contribution is 2.30. The Bertz CT molecular complexity index is 1090. The van der Waals surface area contributed by atoms with Crippen LogP contribution in [-0.4, -0.2) is 27.4 Å². The standard InChI is InChI=1S/C23H22N4O/c1-2-3-13-25-23(28)17-11-12-18-20(15-17)27-21(16-8-5-4-6-9-16)22(26-18)19-10-7-14-24-19/h4-12,14-15,24H,2-3,13H2,1H3,(H,25,28). The van der Waals surface area contributed by atoms with Gasteiger partial charge in [-0.2, -0.15) is 0 Å². The lowest BCUT2D eigenvalue weighted by molar-refractivity contribution is 0.0953. The van der Waals surface area contributed by atoms with E-state index >= 15 is 0 Å². The van der Waals surface area contributed by atoms with E-state index in [4.69, 9.17) is 9.97 Å². The van der Waals surface area contributed by atoms with Crippen molar-refractivity contribution in [2.45, 2.75) is 19.8 Å². The van der Waals surface area contributed by atoms with Crippen LogP contribution in [0.25, 0.3) is 33.7 Å². The highest BCUT2D eigenvalue weighted by Gasteiger charge is 2.15. The van der Waals surface area contributed by atoms with E-state index < -0.39 is 0 Å². The average Bonchev–Trinajstić information content (AvgIpc) is 3.28. The summed E-state index contributed by atoms with van der Waals surface area (Å²) in [6.45, 7) is 2.78. The van der Waals surface area contributed by atoms with Gasteiger partial charge in [-0.3, -0.25) is 4.79 Å². The minimum absolute atomic E-state index is 0.0770. The van der Waals surface area contributed by atoms with Crippen LogP contribution in [-0.2, 0) is 0 Å². The van der Waals surface area contributed by atoms with Crippen LogP contribution >= 0.6 is 0 Å². The van der Waals surface area contributed by atoms with Crippen molar-refractivity contribution >= 4 is 16.9 Å². The van der Waals surface area contributed by atoms with Crippen molar-refractivity contribution in [2.75, 3.05) is 6.54 Å². The number of benzene rings is 2. The summed E-state index contributed by atoms with van der Waals surface area (Å²) in [7, 11) is 0. The zero-order chi connectivity index (χ0) is 19.3. The molecule has 2 N–H and O–H groups in total. The topological polar surface area (TPSA) is 70.7 Å². The zero-order valence-corrected chi connectivity index (χ0v) is 15.8. The highest BCUT2D eigenvalue weighted by molar-refractivity contribution is 5.98. The molecule has 0 aliphatic heterocycles. The lowest BCUT2D eigenvalue weighted by atomic mass is 10.1. The second-order valence-electron chi connectivity index (χ2n) is 6.68. The first-order valence-corrected chi connectivity index (χ1v) is 9.55. The number of rotatable bonds is 6. The van der Waals surface area contributed by atoms with Crippen LogP contribution in [0, 0.1) is 0 Å². The number of fused-ring (bicyclic) bond motifs is 1. The molecule has 2 heterocycles. The number of H-pyrrole nitrogens is 1. The van der Waals surface area contributed by atoms with E-state index in [2.05, 4.69) is 17.2 Å². The van der Waals surface area contributed by atoms with Gasteiger partial charge >= 0.3 is 0 Å². The lowest BCUT2D eigenvalue weighted by Gasteiger charge is -2.10. The molecular formula is C23H22N4O. The normalized spacial score (nSPS) is 10.9. The second kappa shape index (κ2) is 8.05. The number of amides is 1. The number of nitrogens with zero attached hydrogens (tertiary/aromatic N) is 2. The van der Waals surface area contributed by atoms with Crippen molar-refractivity contribution in [3.63, 3.8) is 0 Å². The third-order valence-electron chi connectivity index (χ3n) is 4.64. The molecule has 0 atom stereocenters. The van der Waals surface area contributed by atoms with Crippen LogP contribution < -0.4 is 5.32 Å². The van der Waals surface area contributed by atoms with E-state index in [1.165, 1.54) is 0 Å². The predicted molar refractivity (Wildman–Crippen MR) is 112 cm³/mol. The molecule has 0 spiro atoms. The average molecular weight is 370 g/mol. The van der Waals surface area contributed by atoms with Crippen molar-refractivity contribution in [1.29, 1.82) is 0 Å². The molecule has 140 valence electrons. The van der Waals surface area contributed by atoms with Gasteiger partial charge in [-0.25, -0.2) is 9.97 Å². The molecular weight excluding hydrogens is 348 g/mol. The minimum atomic E-state index is -0.0770. The van der Waals surface area contributed by atoms with Crippen molar-refractivity contribution in [3.8, 4) is 22.6 Å². The van der Waals surface area contributed by atoms with Crippen LogP contribution in [0.1, 0.15) is 30.1 Å². The fourth-order valence-corrected chi connectivity index (χ4v) is 3.14. The largest absolute Gasteiger partial charge is 0.360 e. The van der Waals surface area contributed by atoms with Gasteiger partial charge in [0.1, 0.15) is 5.69 Å². The Morgan fingerprint density at radius 3 is 2.54 bits per heavy atom. The molecule has 0 fully saturated rings. The Hall–Kier alpha value is -3.47. The Labute approximate surface area is 163 Å². The van der Waals surface area contributed by atoms with Crippen LogP contribution in [0.2, 0.25) is 0 Å². The summed E-state index contributed by atoms with van der Waals surface area (Å²) >= 11 is 0. The molecule has 0 saturated heterocycles. The highest BCUT2D eigenvalue weighted by atomic mass is 16.1. The van der Waals surface area contributed by atoms with Crippen LogP contribution in [0.5, 0.6) is 0 Å². The first-order chi connectivity index (χ1) is 13.8. The third-order valence-corrected chi connectivity index (χ3v) is 4.64. The van der Waals surface area contributed by atoms with Crippen LogP contribution in [0.4, 0.5) is 0 Å². The maximum absolute atomic E-state index is 12.4. The first kappa shape index (κ1) is 17.9. The van der Waals surface area contributed by atoms with E-state index in [1.54, 1.807) is 6.07 Å². The SMILES string of the molecule is CCCCNC(=O)c1ccc2nc(-c3ccc[nH]3)c(-c3ccccc3)nc2c1. The van der Waals surface area contributed by atoms with Gasteiger partial charge in [0.15, 0.2) is 0 Å². The van der Waals surface area contributed by atoms with E-state index in [9.17, 15) is 4.79 Å². The van der Waals surface area contributed by atoms with Gasteiger partial charge in [0.25, 0.3) is 5.91 Å². The molecule has 4 rings (SSSR count). The molecule has 0 saturated carbocycles. The molecule has 0 aliphatic rings. The second-order valence-corrected chi connectivity index (χ2v) is 6.68. The van der Waals surface area contributed by atoms with Crippen molar-refractivity contribution < 1.29 is 4.79 Å². The van der Waals surface area contributed by atoms with Gasteiger partial charge in [0, 0.05) is 23.9 Å². The summed E-state index contributed by atoms with van der Waals surface area (Å²) in [5.74, 6) is -0.0770. The summed E-state index contributed by atoms with van der Waals surface area (Å²) in [5, 5.41) is 2.95. The van der Waals surface area contributed by atoms with Crippen LogP contribution in [0.3, 0.4) is 0 Å². The Morgan fingerprint density at radius 1 is 0.964 bits per heavy atom. The number of unbranched alkanes of at least 4 members (excludes halogenated alkanes) is 1. The number of hydrogen-bond donors (Lipinski definition) is 2. The molecule has 0 unspecified atom stereocenters. The summed E-state index contributed by atoms with van der Waals surface area (Å²) in [4.78, 5) is 25.4. The van der Waals surface area contributed by atoms with Gasteiger partial charge in [-0.1, -0.05) is 43.7 Å². The molecule has 2 aromatic heterocycles. The predicted octanol–water partition coefficient (Wildman–Crippen LogP) is 4.82. The van der Waals surface area contributed by atoms with E-state index in [-0.39, 0.29) is 5.91 Å². The number of nitrogens with one attached hydrogen (secondary N) is 2. The zero-order valence-electron chi connectivity index (χ0n) is 15.8. The van der Waals surface area contributed by atoms with Gasteiger partial charge in [-0.05, 0) is 36.8 Å². The van der Waals surface area contributed by atoms with Crippen molar-refractivity contribution in [1.82, 2.24) is 20.3 Å². The molecule has 0 radical (unpaired) electrons. The molecule has 1 amide bonds. The maximum Gasteiger partial charge on any atom is 0.251 e.